The molecule has 1 unspecified atom stereocenters. The lowest BCUT2D eigenvalue weighted by molar-refractivity contribution is -0.125. The number of aromatic nitrogens is 3. The minimum absolute atomic E-state index is 0.0709. The fourth-order valence-electron chi connectivity index (χ4n) is 4.31. The van der Waals surface area contributed by atoms with E-state index in [1.807, 2.05) is 43.3 Å². The Morgan fingerprint density at radius 2 is 2.03 bits per heavy atom. The van der Waals surface area contributed by atoms with Gasteiger partial charge in [0.25, 0.3) is 0 Å². The molecule has 0 radical (unpaired) electrons. The molecule has 8 heteroatoms. The molecule has 174 valence electrons. The highest BCUT2D eigenvalue weighted by Gasteiger charge is 2.27. The standard InChI is InChI=1S/C26H27N5O2S/c1-17-7-3-4-9-20(17)21-11-12-24(30-29-21)31-13-5-8-19(16-31)25(32)27-15-23-18(2)28-26(34-23)22-10-6-14-33-22/h3-4,6-7,9-12,14,19H,5,8,13,15-16H2,1-2H3,(H,27,32). The molecule has 1 N–H and O–H groups in total. The number of aryl methyl sites for hydroxylation is 2. The highest BCUT2D eigenvalue weighted by atomic mass is 32.1. The van der Waals surface area contributed by atoms with Crippen LogP contribution in [0.1, 0.15) is 29.0 Å². The van der Waals surface area contributed by atoms with Gasteiger partial charge in [-0.05, 0) is 56.5 Å². The zero-order valence-corrected chi connectivity index (χ0v) is 20.1. The van der Waals surface area contributed by atoms with Crippen molar-refractivity contribution in [3.63, 3.8) is 0 Å². The van der Waals surface area contributed by atoms with Crippen LogP contribution in [0.3, 0.4) is 0 Å². The first-order valence-electron chi connectivity index (χ1n) is 11.5. The Balaban J connectivity index is 1.21. The zero-order valence-electron chi connectivity index (χ0n) is 19.3. The summed E-state index contributed by atoms with van der Waals surface area (Å²) in [5.74, 6) is 1.56. The Kier molecular flexibility index (Phi) is 6.40. The molecular weight excluding hydrogens is 446 g/mol. The van der Waals surface area contributed by atoms with E-state index in [1.165, 1.54) is 5.56 Å². The molecule has 1 aromatic carbocycles. The molecule has 3 aromatic heterocycles. The first-order valence-corrected chi connectivity index (χ1v) is 12.3. The lowest BCUT2D eigenvalue weighted by atomic mass is 9.97. The van der Waals surface area contributed by atoms with Crippen molar-refractivity contribution in [1.29, 1.82) is 0 Å². The number of carbonyl (C=O) groups is 1. The van der Waals surface area contributed by atoms with E-state index in [0.29, 0.717) is 13.1 Å². The van der Waals surface area contributed by atoms with E-state index in [9.17, 15) is 4.79 Å². The second kappa shape index (κ2) is 9.77. The number of rotatable bonds is 6. The highest BCUT2D eigenvalue weighted by Crippen LogP contribution is 2.29. The molecule has 0 spiro atoms. The smallest absolute Gasteiger partial charge is 0.225 e. The van der Waals surface area contributed by atoms with Gasteiger partial charge in [-0.2, -0.15) is 0 Å². The number of piperidine rings is 1. The van der Waals surface area contributed by atoms with Gasteiger partial charge in [0.1, 0.15) is 0 Å². The molecule has 1 fully saturated rings. The minimum Gasteiger partial charge on any atom is -0.462 e. The lowest BCUT2D eigenvalue weighted by Crippen LogP contribution is -2.43. The predicted molar refractivity (Wildman–Crippen MR) is 134 cm³/mol. The van der Waals surface area contributed by atoms with Crippen molar-refractivity contribution in [1.82, 2.24) is 20.5 Å². The zero-order chi connectivity index (χ0) is 23.5. The molecule has 4 aromatic rings. The van der Waals surface area contributed by atoms with Gasteiger partial charge in [0.15, 0.2) is 16.6 Å². The number of carbonyl (C=O) groups excluding carboxylic acids is 1. The molecule has 0 saturated carbocycles. The average Bonchev–Trinajstić information content (AvgIpc) is 3.53. The van der Waals surface area contributed by atoms with Crippen molar-refractivity contribution in [2.75, 3.05) is 18.0 Å². The first-order chi connectivity index (χ1) is 16.6. The van der Waals surface area contributed by atoms with E-state index in [2.05, 4.69) is 44.5 Å². The summed E-state index contributed by atoms with van der Waals surface area (Å²) in [6.07, 6.45) is 3.46. The summed E-state index contributed by atoms with van der Waals surface area (Å²) < 4.78 is 5.44. The van der Waals surface area contributed by atoms with Crippen molar-refractivity contribution >= 4 is 23.1 Å². The predicted octanol–water partition coefficient (Wildman–Crippen LogP) is 5.01. The maximum atomic E-state index is 13.0. The molecule has 1 saturated heterocycles. The Bertz CT molecular complexity index is 1270. The summed E-state index contributed by atoms with van der Waals surface area (Å²) in [5.41, 5.74) is 4.05. The third-order valence-electron chi connectivity index (χ3n) is 6.24. The monoisotopic (exact) mass is 473 g/mol. The van der Waals surface area contributed by atoms with Crippen molar-refractivity contribution in [3.05, 3.63) is 70.9 Å². The van der Waals surface area contributed by atoms with E-state index in [1.54, 1.807) is 17.6 Å². The number of thiazole rings is 1. The molecule has 1 aliphatic rings. The van der Waals surface area contributed by atoms with Gasteiger partial charge < -0.3 is 14.6 Å². The van der Waals surface area contributed by atoms with Crippen LogP contribution in [0, 0.1) is 19.8 Å². The Labute approximate surface area is 202 Å². The van der Waals surface area contributed by atoms with E-state index in [0.717, 1.165) is 57.8 Å². The van der Waals surface area contributed by atoms with Crippen LogP contribution in [-0.2, 0) is 11.3 Å². The molecular formula is C26H27N5O2S. The third kappa shape index (κ3) is 4.72. The number of benzene rings is 1. The van der Waals surface area contributed by atoms with Crippen LogP contribution >= 0.6 is 11.3 Å². The molecule has 0 bridgehead atoms. The van der Waals surface area contributed by atoms with Crippen LogP contribution in [0.2, 0.25) is 0 Å². The number of anilines is 1. The summed E-state index contributed by atoms with van der Waals surface area (Å²) in [6, 6.07) is 15.9. The summed E-state index contributed by atoms with van der Waals surface area (Å²) in [4.78, 5) is 20.8. The van der Waals surface area contributed by atoms with Crippen molar-refractivity contribution in [2.24, 2.45) is 5.92 Å². The second-order valence-electron chi connectivity index (χ2n) is 8.60. The molecule has 34 heavy (non-hydrogen) atoms. The Morgan fingerprint density at radius 3 is 2.79 bits per heavy atom. The van der Waals surface area contributed by atoms with Crippen LogP contribution in [0.15, 0.2) is 59.2 Å². The van der Waals surface area contributed by atoms with Crippen molar-refractivity contribution < 1.29 is 9.21 Å². The van der Waals surface area contributed by atoms with Crippen LogP contribution < -0.4 is 10.2 Å². The van der Waals surface area contributed by atoms with E-state index in [4.69, 9.17) is 4.42 Å². The number of hydrogen-bond donors (Lipinski definition) is 1. The van der Waals surface area contributed by atoms with E-state index in [-0.39, 0.29) is 11.8 Å². The second-order valence-corrected chi connectivity index (χ2v) is 9.68. The highest BCUT2D eigenvalue weighted by molar-refractivity contribution is 7.15. The number of furan rings is 1. The van der Waals surface area contributed by atoms with E-state index >= 15 is 0 Å². The quantitative estimate of drug-likeness (QED) is 0.424. The van der Waals surface area contributed by atoms with Gasteiger partial charge in [0.2, 0.25) is 5.91 Å². The summed E-state index contributed by atoms with van der Waals surface area (Å²) in [5, 5.41) is 12.9. The first kappa shape index (κ1) is 22.3. The molecule has 7 nitrogen and oxygen atoms in total. The van der Waals surface area contributed by atoms with Crippen LogP contribution in [0.4, 0.5) is 5.82 Å². The molecule has 1 atom stereocenters. The fourth-order valence-corrected chi connectivity index (χ4v) is 5.28. The van der Waals surface area contributed by atoms with Gasteiger partial charge >= 0.3 is 0 Å². The van der Waals surface area contributed by atoms with Crippen LogP contribution in [-0.4, -0.2) is 34.2 Å². The molecule has 5 rings (SSSR count). The Hall–Kier alpha value is -3.52. The normalized spacial score (nSPS) is 15.9. The molecule has 0 aliphatic carbocycles. The summed E-state index contributed by atoms with van der Waals surface area (Å²) in [7, 11) is 0. The third-order valence-corrected chi connectivity index (χ3v) is 7.41. The summed E-state index contributed by atoms with van der Waals surface area (Å²) >= 11 is 1.56. The van der Waals surface area contributed by atoms with Gasteiger partial charge in [-0.15, -0.1) is 21.5 Å². The molecule has 4 heterocycles. The summed E-state index contributed by atoms with van der Waals surface area (Å²) in [6.45, 7) is 6.03. The SMILES string of the molecule is Cc1ccccc1-c1ccc(N2CCCC(C(=O)NCc3sc(-c4ccco4)nc3C)C2)nn1. The lowest BCUT2D eigenvalue weighted by Gasteiger charge is -2.32. The maximum absolute atomic E-state index is 13.0. The average molecular weight is 474 g/mol. The van der Waals surface area contributed by atoms with Gasteiger partial charge in [-0.1, -0.05) is 24.3 Å². The van der Waals surface area contributed by atoms with Crippen molar-refractivity contribution in [3.8, 4) is 22.0 Å². The van der Waals surface area contributed by atoms with Crippen molar-refractivity contribution in [2.45, 2.75) is 33.2 Å². The molecule has 1 amide bonds. The van der Waals surface area contributed by atoms with E-state index < -0.39 is 0 Å². The minimum atomic E-state index is -0.0793. The largest absolute Gasteiger partial charge is 0.462 e. The number of amides is 1. The van der Waals surface area contributed by atoms with Crippen LogP contribution in [0.5, 0.6) is 0 Å². The maximum Gasteiger partial charge on any atom is 0.225 e. The topological polar surface area (TPSA) is 84.2 Å². The number of nitrogens with one attached hydrogen (secondary N) is 1. The Morgan fingerprint density at radius 1 is 1.15 bits per heavy atom. The van der Waals surface area contributed by atoms with Crippen LogP contribution in [0.25, 0.3) is 22.0 Å². The van der Waals surface area contributed by atoms with Gasteiger partial charge in [-0.25, -0.2) is 4.98 Å². The molecule has 1 aliphatic heterocycles. The van der Waals surface area contributed by atoms with Gasteiger partial charge in [-0.3, -0.25) is 4.79 Å². The number of hydrogen-bond acceptors (Lipinski definition) is 7. The van der Waals surface area contributed by atoms with Gasteiger partial charge in [0.05, 0.1) is 30.1 Å². The van der Waals surface area contributed by atoms with Gasteiger partial charge in [0, 0.05) is 23.5 Å². The fraction of sp³-hybridized carbons (Fsp3) is 0.308. The number of nitrogens with zero attached hydrogens (tertiary/aromatic N) is 4.